The molecule has 2 aromatic heterocycles. The number of pyridine rings is 1. The van der Waals surface area contributed by atoms with Crippen molar-refractivity contribution >= 4 is 21.8 Å². The lowest BCUT2D eigenvalue weighted by Crippen LogP contribution is -2.28. The van der Waals surface area contributed by atoms with Crippen LogP contribution in [0, 0.1) is 0 Å². The van der Waals surface area contributed by atoms with Gasteiger partial charge in [-0.15, -0.1) is 0 Å². The van der Waals surface area contributed by atoms with Crippen LogP contribution >= 0.6 is 15.9 Å². The maximum absolute atomic E-state index is 12.6. The Morgan fingerprint density at radius 1 is 1.40 bits per heavy atom. The van der Waals surface area contributed by atoms with E-state index in [9.17, 15) is 4.79 Å². The largest absolute Gasteiger partial charge is 0.340 e. The van der Waals surface area contributed by atoms with Crippen LogP contribution in [0.4, 0.5) is 0 Å². The van der Waals surface area contributed by atoms with Gasteiger partial charge in [0.25, 0.3) is 5.91 Å². The normalized spacial score (nSPS) is 10.8. The fourth-order valence-corrected chi connectivity index (χ4v) is 2.51. The Labute approximate surface area is 127 Å². The summed E-state index contributed by atoms with van der Waals surface area (Å²) in [6.45, 7) is 4.69. The van der Waals surface area contributed by atoms with E-state index in [0.717, 1.165) is 10.0 Å². The SMILES string of the molecule is CC(C)n1cc(Br)cc1C(=O)N(C)Cc1ccncc1. The summed E-state index contributed by atoms with van der Waals surface area (Å²) in [4.78, 5) is 18.3. The number of aromatic nitrogens is 2. The molecule has 0 atom stereocenters. The first kappa shape index (κ1) is 14.8. The molecular formula is C15H18BrN3O. The number of hydrogen-bond acceptors (Lipinski definition) is 2. The number of amides is 1. The lowest BCUT2D eigenvalue weighted by atomic mass is 10.2. The van der Waals surface area contributed by atoms with Crippen molar-refractivity contribution < 1.29 is 4.79 Å². The second-order valence-corrected chi connectivity index (χ2v) is 5.98. The average Bonchev–Trinajstić information content (AvgIpc) is 2.81. The zero-order chi connectivity index (χ0) is 14.7. The molecule has 1 amide bonds. The molecule has 5 heteroatoms. The minimum atomic E-state index is 0.0150. The third kappa shape index (κ3) is 3.28. The maximum Gasteiger partial charge on any atom is 0.270 e. The number of halogens is 1. The molecule has 0 aliphatic heterocycles. The highest BCUT2D eigenvalue weighted by atomic mass is 79.9. The van der Waals surface area contributed by atoms with E-state index in [1.54, 1.807) is 17.3 Å². The summed E-state index contributed by atoms with van der Waals surface area (Å²) in [7, 11) is 1.81. The minimum Gasteiger partial charge on any atom is -0.340 e. The first-order valence-corrected chi connectivity index (χ1v) is 7.30. The molecule has 0 N–H and O–H groups in total. The summed E-state index contributed by atoms with van der Waals surface area (Å²) in [6.07, 6.45) is 5.42. The summed E-state index contributed by atoms with van der Waals surface area (Å²) >= 11 is 3.44. The van der Waals surface area contributed by atoms with Gasteiger partial charge in [-0.1, -0.05) is 0 Å². The van der Waals surface area contributed by atoms with Crippen molar-refractivity contribution in [3.63, 3.8) is 0 Å². The molecule has 2 rings (SSSR count). The summed E-state index contributed by atoms with van der Waals surface area (Å²) < 4.78 is 2.90. The van der Waals surface area contributed by atoms with E-state index in [0.29, 0.717) is 12.2 Å². The quantitative estimate of drug-likeness (QED) is 0.857. The van der Waals surface area contributed by atoms with Crippen molar-refractivity contribution in [3.8, 4) is 0 Å². The van der Waals surface area contributed by atoms with Crippen LogP contribution in [0.15, 0.2) is 41.3 Å². The predicted molar refractivity (Wildman–Crippen MR) is 82.6 cm³/mol. The lowest BCUT2D eigenvalue weighted by Gasteiger charge is -2.19. The van der Waals surface area contributed by atoms with Gasteiger partial charge in [0, 0.05) is 42.7 Å². The van der Waals surface area contributed by atoms with Crippen molar-refractivity contribution in [1.29, 1.82) is 0 Å². The zero-order valence-corrected chi connectivity index (χ0v) is 13.5. The fraction of sp³-hybridized carbons (Fsp3) is 0.333. The van der Waals surface area contributed by atoms with Crippen molar-refractivity contribution in [3.05, 3.63) is 52.5 Å². The third-order valence-corrected chi connectivity index (χ3v) is 3.54. The number of rotatable bonds is 4. The molecule has 106 valence electrons. The highest BCUT2D eigenvalue weighted by molar-refractivity contribution is 9.10. The zero-order valence-electron chi connectivity index (χ0n) is 11.9. The predicted octanol–water partition coefficient (Wildman–Crippen LogP) is 3.50. The van der Waals surface area contributed by atoms with Crippen LogP contribution in [0.5, 0.6) is 0 Å². The van der Waals surface area contributed by atoms with Crippen molar-refractivity contribution in [2.24, 2.45) is 0 Å². The standard InChI is InChI=1S/C15H18BrN3O/c1-11(2)19-10-13(16)8-14(19)15(20)18(3)9-12-4-6-17-7-5-12/h4-8,10-11H,9H2,1-3H3. The van der Waals surface area contributed by atoms with Gasteiger partial charge in [0.15, 0.2) is 0 Å². The highest BCUT2D eigenvalue weighted by Crippen LogP contribution is 2.21. The molecule has 0 aliphatic carbocycles. The van der Waals surface area contributed by atoms with Crippen molar-refractivity contribution in [1.82, 2.24) is 14.5 Å². The van der Waals surface area contributed by atoms with E-state index in [1.807, 2.05) is 36.0 Å². The molecule has 0 aromatic carbocycles. The van der Waals surface area contributed by atoms with Crippen molar-refractivity contribution in [2.75, 3.05) is 7.05 Å². The molecule has 0 spiro atoms. The molecule has 2 heterocycles. The molecule has 0 radical (unpaired) electrons. The van der Waals surface area contributed by atoms with Crippen LogP contribution in [0.25, 0.3) is 0 Å². The second-order valence-electron chi connectivity index (χ2n) is 5.06. The molecule has 0 fully saturated rings. The highest BCUT2D eigenvalue weighted by Gasteiger charge is 2.18. The van der Waals surface area contributed by atoms with Crippen LogP contribution < -0.4 is 0 Å². The maximum atomic E-state index is 12.6. The Morgan fingerprint density at radius 2 is 2.05 bits per heavy atom. The number of carbonyl (C=O) groups is 1. The van der Waals surface area contributed by atoms with Gasteiger partial charge in [-0.25, -0.2) is 0 Å². The van der Waals surface area contributed by atoms with E-state index in [4.69, 9.17) is 0 Å². The summed E-state index contributed by atoms with van der Waals surface area (Å²) in [6, 6.07) is 5.95. The molecule has 2 aromatic rings. The Morgan fingerprint density at radius 3 is 2.65 bits per heavy atom. The number of nitrogens with zero attached hydrogens (tertiary/aromatic N) is 3. The second kappa shape index (κ2) is 6.22. The van der Waals surface area contributed by atoms with Gasteiger partial charge >= 0.3 is 0 Å². The van der Waals surface area contributed by atoms with Gasteiger partial charge in [-0.2, -0.15) is 0 Å². The molecule has 0 unspecified atom stereocenters. The molecule has 0 saturated heterocycles. The Kier molecular flexibility index (Phi) is 4.60. The van der Waals surface area contributed by atoms with E-state index in [2.05, 4.69) is 34.8 Å². The molecule has 0 aliphatic rings. The first-order valence-electron chi connectivity index (χ1n) is 6.50. The molecule has 4 nitrogen and oxygen atoms in total. The minimum absolute atomic E-state index is 0.0150. The van der Waals surface area contributed by atoms with Crippen LogP contribution in [0.2, 0.25) is 0 Å². The van der Waals surface area contributed by atoms with Gasteiger partial charge in [-0.3, -0.25) is 9.78 Å². The van der Waals surface area contributed by atoms with Crippen LogP contribution in [-0.4, -0.2) is 27.4 Å². The van der Waals surface area contributed by atoms with E-state index in [-0.39, 0.29) is 11.9 Å². The average molecular weight is 336 g/mol. The number of hydrogen-bond donors (Lipinski definition) is 0. The van der Waals surface area contributed by atoms with E-state index < -0.39 is 0 Å². The molecule has 0 bridgehead atoms. The van der Waals surface area contributed by atoms with Gasteiger partial charge in [-0.05, 0) is 53.5 Å². The smallest absolute Gasteiger partial charge is 0.270 e. The monoisotopic (exact) mass is 335 g/mol. The molecular weight excluding hydrogens is 318 g/mol. The van der Waals surface area contributed by atoms with Crippen molar-refractivity contribution in [2.45, 2.75) is 26.4 Å². The molecule has 20 heavy (non-hydrogen) atoms. The lowest BCUT2D eigenvalue weighted by molar-refractivity contribution is 0.0772. The Balaban J connectivity index is 2.19. The van der Waals surface area contributed by atoms with Gasteiger partial charge < -0.3 is 9.47 Å². The topological polar surface area (TPSA) is 38.1 Å². The van der Waals surface area contributed by atoms with Crippen LogP contribution in [0.3, 0.4) is 0 Å². The van der Waals surface area contributed by atoms with Gasteiger partial charge in [0.2, 0.25) is 0 Å². The molecule has 0 saturated carbocycles. The van der Waals surface area contributed by atoms with E-state index in [1.165, 1.54) is 0 Å². The Hall–Kier alpha value is -1.62. The first-order chi connectivity index (χ1) is 9.49. The van der Waals surface area contributed by atoms with E-state index >= 15 is 0 Å². The fourth-order valence-electron chi connectivity index (χ4n) is 2.07. The van der Waals surface area contributed by atoms with Crippen LogP contribution in [0.1, 0.15) is 35.9 Å². The summed E-state index contributed by atoms with van der Waals surface area (Å²) in [5.41, 5.74) is 1.76. The van der Waals surface area contributed by atoms with Gasteiger partial charge in [0.05, 0.1) is 0 Å². The third-order valence-electron chi connectivity index (χ3n) is 3.11. The summed E-state index contributed by atoms with van der Waals surface area (Å²) in [5, 5.41) is 0. The van der Waals surface area contributed by atoms with Crippen LogP contribution in [-0.2, 0) is 6.54 Å². The summed E-state index contributed by atoms with van der Waals surface area (Å²) in [5.74, 6) is 0.0150. The number of carbonyl (C=O) groups excluding carboxylic acids is 1. The Bertz CT molecular complexity index is 592. The van der Waals surface area contributed by atoms with Gasteiger partial charge in [0.1, 0.15) is 5.69 Å².